The molecule has 0 fully saturated rings. The monoisotopic (exact) mass is 284 g/mol. The molecule has 0 radical (unpaired) electrons. The summed E-state index contributed by atoms with van der Waals surface area (Å²) in [5.74, 6) is 0. The Balaban J connectivity index is 1.97. The molecule has 0 amide bonds. The van der Waals surface area contributed by atoms with Crippen molar-refractivity contribution in [2.24, 2.45) is 5.73 Å². The average molecular weight is 284 g/mol. The third-order valence-electron chi connectivity index (χ3n) is 3.50. The van der Waals surface area contributed by atoms with Crippen LogP contribution in [-0.4, -0.2) is 26.3 Å². The Bertz CT molecular complexity index is 528. The largest absolute Gasteiger partial charge is 0.385 e. The summed E-state index contributed by atoms with van der Waals surface area (Å²) in [6.45, 7) is 1.46. The Morgan fingerprint density at radius 2 is 1.76 bits per heavy atom. The smallest absolute Gasteiger partial charge is 0.0477 e. The van der Waals surface area contributed by atoms with Crippen LogP contribution >= 0.6 is 0 Å². The van der Waals surface area contributed by atoms with Crippen LogP contribution in [0.4, 0.5) is 5.69 Å². The van der Waals surface area contributed by atoms with Crippen LogP contribution in [0.15, 0.2) is 54.6 Å². The van der Waals surface area contributed by atoms with Crippen molar-refractivity contribution in [1.82, 2.24) is 0 Å². The molecule has 2 aromatic carbocycles. The number of benzene rings is 2. The highest BCUT2D eigenvalue weighted by Gasteiger charge is 2.05. The van der Waals surface area contributed by atoms with Gasteiger partial charge in [0.05, 0.1) is 0 Å². The molecule has 0 aliphatic rings. The number of hydrogen-bond donors (Lipinski definition) is 2. The number of methoxy groups -OCH3 is 1. The van der Waals surface area contributed by atoms with E-state index < -0.39 is 0 Å². The molecule has 1 atom stereocenters. The molecule has 0 saturated heterocycles. The lowest BCUT2D eigenvalue weighted by atomic mass is 10.0. The normalized spacial score (nSPS) is 12.1. The van der Waals surface area contributed by atoms with Gasteiger partial charge in [-0.25, -0.2) is 0 Å². The van der Waals surface area contributed by atoms with Gasteiger partial charge in [-0.2, -0.15) is 0 Å². The van der Waals surface area contributed by atoms with Crippen molar-refractivity contribution in [3.8, 4) is 0 Å². The molecule has 3 N–H and O–H groups in total. The van der Waals surface area contributed by atoms with Crippen molar-refractivity contribution >= 4 is 5.69 Å². The van der Waals surface area contributed by atoms with E-state index in [2.05, 4.69) is 53.8 Å². The molecule has 0 spiro atoms. The first-order valence-electron chi connectivity index (χ1n) is 7.40. The highest BCUT2D eigenvalue weighted by molar-refractivity contribution is 5.52. The van der Waals surface area contributed by atoms with Gasteiger partial charge in [-0.3, -0.25) is 0 Å². The topological polar surface area (TPSA) is 47.3 Å². The van der Waals surface area contributed by atoms with Gasteiger partial charge >= 0.3 is 0 Å². The van der Waals surface area contributed by atoms with Gasteiger partial charge < -0.3 is 15.8 Å². The maximum atomic E-state index is 6.07. The summed E-state index contributed by atoms with van der Waals surface area (Å²) < 4.78 is 5.06. The quantitative estimate of drug-likeness (QED) is 0.783. The van der Waals surface area contributed by atoms with Crippen molar-refractivity contribution in [2.45, 2.75) is 18.9 Å². The van der Waals surface area contributed by atoms with Crippen molar-refractivity contribution in [3.63, 3.8) is 0 Å². The molecule has 3 nitrogen and oxygen atoms in total. The average Bonchev–Trinajstić information content (AvgIpc) is 2.53. The number of para-hydroxylation sites is 1. The maximum Gasteiger partial charge on any atom is 0.0477 e. The zero-order valence-electron chi connectivity index (χ0n) is 12.6. The van der Waals surface area contributed by atoms with Gasteiger partial charge in [0, 0.05) is 32.0 Å². The van der Waals surface area contributed by atoms with Crippen LogP contribution < -0.4 is 11.1 Å². The zero-order valence-corrected chi connectivity index (χ0v) is 12.6. The van der Waals surface area contributed by atoms with Gasteiger partial charge in [-0.15, -0.1) is 0 Å². The summed E-state index contributed by atoms with van der Waals surface area (Å²) >= 11 is 0. The minimum absolute atomic E-state index is 0.106. The predicted molar refractivity (Wildman–Crippen MR) is 88.6 cm³/mol. The summed E-state index contributed by atoms with van der Waals surface area (Å²) in [6, 6.07) is 19.0. The van der Waals surface area contributed by atoms with E-state index in [1.165, 1.54) is 11.1 Å². The summed E-state index contributed by atoms with van der Waals surface area (Å²) in [6.07, 6.45) is 1.79. The van der Waals surface area contributed by atoms with Gasteiger partial charge in [0.25, 0.3) is 0 Å². The first-order chi connectivity index (χ1) is 10.3. The third kappa shape index (κ3) is 5.21. The van der Waals surface area contributed by atoms with Crippen molar-refractivity contribution in [1.29, 1.82) is 0 Å². The predicted octanol–water partition coefficient (Wildman–Crippen LogP) is 3.05. The van der Waals surface area contributed by atoms with E-state index in [1.54, 1.807) is 7.11 Å². The molecule has 2 rings (SSSR count). The molecule has 0 saturated carbocycles. The van der Waals surface area contributed by atoms with E-state index in [0.29, 0.717) is 6.61 Å². The number of ether oxygens (including phenoxy) is 1. The molecule has 3 heteroatoms. The van der Waals surface area contributed by atoms with Gasteiger partial charge in [0.15, 0.2) is 0 Å². The molecule has 0 aliphatic heterocycles. The van der Waals surface area contributed by atoms with Gasteiger partial charge in [0.1, 0.15) is 0 Å². The lowest BCUT2D eigenvalue weighted by Crippen LogP contribution is -2.30. The number of hydrogen-bond acceptors (Lipinski definition) is 3. The van der Waals surface area contributed by atoms with Crippen molar-refractivity contribution in [3.05, 3.63) is 65.7 Å². The van der Waals surface area contributed by atoms with Gasteiger partial charge in [-0.1, -0.05) is 48.5 Å². The zero-order chi connectivity index (χ0) is 14.9. The number of anilines is 1. The Morgan fingerprint density at radius 3 is 2.52 bits per heavy atom. The molecule has 0 bridgehead atoms. The Hall–Kier alpha value is -1.84. The van der Waals surface area contributed by atoms with E-state index >= 15 is 0 Å². The van der Waals surface area contributed by atoms with E-state index in [9.17, 15) is 0 Å². The summed E-state index contributed by atoms with van der Waals surface area (Å²) in [5, 5.41) is 3.46. The third-order valence-corrected chi connectivity index (χ3v) is 3.50. The summed E-state index contributed by atoms with van der Waals surface area (Å²) in [4.78, 5) is 0. The standard InChI is InChI=1S/C18H24N2O/c1-21-12-11-17(19)14-20-18-10-6-5-9-16(18)13-15-7-3-2-4-8-15/h2-10,17,20H,11-14,19H2,1H3. The van der Waals surface area contributed by atoms with Crippen LogP contribution in [0.5, 0.6) is 0 Å². The second-order valence-electron chi connectivity index (χ2n) is 5.24. The SMILES string of the molecule is COCCC(N)CNc1ccccc1Cc1ccccc1. The maximum absolute atomic E-state index is 6.07. The number of nitrogens with two attached hydrogens (primary N) is 1. The lowest BCUT2D eigenvalue weighted by molar-refractivity contribution is 0.189. The Labute approximate surface area is 127 Å². The fraction of sp³-hybridized carbons (Fsp3) is 0.333. The van der Waals surface area contributed by atoms with Gasteiger partial charge in [0.2, 0.25) is 0 Å². The summed E-state index contributed by atoms with van der Waals surface area (Å²) in [5.41, 5.74) is 9.84. The summed E-state index contributed by atoms with van der Waals surface area (Å²) in [7, 11) is 1.70. The van der Waals surface area contributed by atoms with E-state index in [0.717, 1.165) is 25.1 Å². The van der Waals surface area contributed by atoms with Crippen molar-refractivity contribution in [2.75, 3.05) is 25.6 Å². The fourth-order valence-electron chi connectivity index (χ4n) is 2.28. The van der Waals surface area contributed by atoms with Crippen LogP contribution in [0.1, 0.15) is 17.5 Å². The molecule has 0 heterocycles. The Morgan fingerprint density at radius 1 is 1.05 bits per heavy atom. The highest BCUT2D eigenvalue weighted by atomic mass is 16.5. The molecular weight excluding hydrogens is 260 g/mol. The van der Waals surface area contributed by atoms with E-state index in [-0.39, 0.29) is 6.04 Å². The lowest BCUT2D eigenvalue weighted by Gasteiger charge is -2.16. The molecular formula is C18H24N2O. The minimum atomic E-state index is 0.106. The molecule has 1 unspecified atom stereocenters. The van der Waals surface area contributed by atoms with Gasteiger partial charge in [-0.05, 0) is 30.0 Å². The molecule has 0 aliphatic carbocycles. The number of rotatable bonds is 8. The van der Waals surface area contributed by atoms with Crippen LogP contribution in [0.3, 0.4) is 0 Å². The second kappa shape index (κ2) is 8.45. The first kappa shape index (κ1) is 15.5. The Kier molecular flexibility index (Phi) is 6.25. The molecule has 2 aromatic rings. The van der Waals surface area contributed by atoms with E-state index in [4.69, 9.17) is 10.5 Å². The molecule has 112 valence electrons. The van der Waals surface area contributed by atoms with E-state index in [1.807, 2.05) is 6.07 Å². The van der Waals surface area contributed by atoms with Crippen molar-refractivity contribution < 1.29 is 4.74 Å². The van der Waals surface area contributed by atoms with Crippen LogP contribution in [0.2, 0.25) is 0 Å². The highest BCUT2D eigenvalue weighted by Crippen LogP contribution is 2.19. The first-order valence-corrected chi connectivity index (χ1v) is 7.40. The molecule has 0 aromatic heterocycles. The fourth-order valence-corrected chi connectivity index (χ4v) is 2.28. The van der Waals surface area contributed by atoms with Crippen LogP contribution in [0.25, 0.3) is 0 Å². The number of nitrogens with one attached hydrogen (secondary N) is 1. The second-order valence-corrected chi connectivity index (χ2v) is 5.24. The van der Waals surface area contributed by atoms with Crippen LogP contribution in [-0.2, 0) is 11.2 Å². The minimum Gasteiger partial charge on any atom is -0.385 e. The molecule has 21 heavy (non-hydrogen) atoms. The van der Waals surface area contributed by atoms with Crippen LogP contribution in [0, 0.1) is 0 Å².